The van der Waals surface area contributed by atoms with Crippen LogP contribution >= 0.6 is 11.3 Å². The molecule has 3 aromatic rings. The molecule has 0 fully saturated rings. The molecule has 1 aromatic heterocycles. The molecule has 0 amide bonds. The Morgan fingerprint density at radius 2 is 1.90 bits per heavy atom. The maximum atomic E-state index is 11.2. The van der Waals surface area contributed by atoms with Crippen molar-refractivity contribution in [3.05, 3.63) is 46.5 Å². The average Bonchev–Trinajstić information content (AvgIpc) is 2.43. The molecule has 6 heteroatoms. The second-order valence-corrected chi connectivity index (χ2v) is 5.70. The standard InChI is InChI=1S/C14H12N3O2S/c1-16(2)14-10(17(18)19)7-8-12-13(14)15-9-5-3-4-6-11(9)20-12/h3-8H,1-2H3/q+1. The Kier molecular flexibility index (Phi) is 2.94. The molecule has 1 heterocycles. The van der Waals surface area contributed by atoms with E-state index in [1.807, 2.05) is 24.3 Å². The highest BCUT2D eigenvalue weighted by atomic mass is 32.1. The van der Waals surface area contributed by atoms with Gasteiger partial charge in [0.05, 0.1) is 4.92 Å². The van der Waals surface area contributed by atoms with E-state index >= 15 is 0 Å². The lowest BCUT2D eigenvalue weighted by molar-refractivity contribution is -0.384. The molecule has 5 nitrogen and oxygen atoms in total. The van der Waals surface area contributed by atoms with Gasteiger partial charge in [0.1, 0.15) is 11.2 Å². The fraction of sp³-hybridized carbons (Fsp3) is 0.143. The Balaban J connectivity index is 2.46. The Morgan fingerprint density at radius 1 is 1.15 bits per heavy atom. The van der Waals surface area contributed by atoms with Crippen LogP contribution in [0.4, 0.5) is 11.4 Å². The molecular formula is C14H12N3O2S+. The third kappa shape index (κ3) is 1.94. The lowest BCUT2D eigenvalue weighted by Gasteiger charge is -2.12. The molecule has 0 bridgehead atoms. The molecule has 0 saturated heterocycles. The van der Waals surface area contributed by atoms with E-state index in [4.69, 9.17) is 0 Å². The molecular weight excluding hydrogens is 274 g/mol. The zero-order chi connectivity index (χ0) is 14.3. The molecule has 0 aliphatic rings. The molecule has 100 valence electrons. The number of nitro benzene ring substituents is 1. The first kappa shape index (κ1) is 12.7. The Labute approximate surface area is 119 Å². The predicted octanol–water partition coefficient (Wildman–Crippen LogP) is 3.70. The second kappa shape index (κ2) is 4.64. The number of benzene rings is 2. The van der Waals surface area contributed by atoms with E-state index in [1.54, 1.807) is 42.5 Å². The van der Waals surface area contributed by atoms with Crippen molar-refractivity contribution in [2.45, 2.75) is 0 Å². The van der Waals surface area contributed by atoms with Crippen LogP contribution in [-0.2, 0) is 0 Å². The second-order valence-electron chi connectivity index (χ2n) is 4.61. The van der Waals surface area contributed by atoms with Crippen molar-refractivity contribution in [1.82, 2.24) is 4.98 Å². The van der Waals surface area contributed by atoms with Crippen molar-refractivity contribution < 1.29 is 4.92 Å². The fourth-order valence-electron chi connectivity index (χ4n) is 2.20. The predicted molar refractivity (Wildman–Crippen MR) is 82.5 cm³/mol. The Hall–Kier alpha value is -2.34. The summed E-state index contributed by atoms with van der Waals surface area (Å²) in [6.45, 7) is 0. The third-order valence-corrected chi connectivity index (χ3v) is 4.17. The number of fused-ring (bicyclic) bond motifs is 2. The molecule has 0 saturated carbocycles. The molecule has 0 radical (unpaired) electrons. The van der Waals surface area contributed by atoms with Gasteiger partial charge in [0.25, 0.3) is 15.1 Å². The minimum absolute atomic E-state index is 0.0810. The van der Waals surface area contributed by atoms with Gasteiger partial charge in [0.2, 0.25) is 11.3 Å². The van der Waals surface area contributed by atoms with Crippen molar-refractivity contribution in [2.24, 2.45) is 0 Å². The van der Waals surface area contributed by atoms with E-state index in [0.717, 1.165) is 14.9 Å². The number of nitrogens with zero attached hydrogens (tertiary/aromatic N) is 3. The molecule has 0 unspecified atom stereocenters. The summed E-state index contributed by atoms with van der Waals surface area (Å²) in [6.07, 6.45) is 0. The van der Waals surface area contributed by atoms with E-state index in [1.165, 1.54) is 0 Å². The van der Waals surface area contributed by atoms with Gasteiger partial charge in [-0.25, -0.2) is 4.98 Å². The lowest BCUT2D eigenvalue weighted by Crippen LogP contribution is -2.12. The zero-order valence-electron chi connectivity index (χ0n) is 11.0. The Morgan fingerprint density at radius 3 is 2.60 bits per heavy atom. The molecule has 0 spiro atoms. The quantitative estimate of drug-likeness (QED) is 0.312. The highest BCUT2D eigenvalue weighted by Gasteiger charge is 2.24. The highest BCUT2D eigenvalue weighted by molar-refractivity contribution is 7.24. The molecule has 2 aromatic carbocycles. The molecule has 20 heavy (non-hydrogen) atoms. The largest absolute Gasteiger partial charge is 0.370 e. The summed E-state index contributed by atoms with van der Waals surface area (Å²) in [5.41, 5.74) is 2.16. The topological polar surface area (TPSA) is 59.3 Å². The van der Waals surface area contributed by atoms with Crippen molar-refractivity contribution in [2.75, 3.05) is 19.0 Å². The Bertz CT molecular complexity index is 833. The van der Waals surface area contributed by atoms with Crippen LogP contribution < -0.4 is 4.90 Å². The molecule has 0 atom stereocenters. The summed E-state index contributed by atoms with van der Waals surface area (Å²) in [5, 5.41) is 11.2. The van der Waals surface area contributed by atoms with Crippen molar-refractivity contribution >= 4 is 43.1 Å². The number of para-hydroxylation sites is 1. The van der Waals surface area contributed by atoms with E-state index in [-0.39, 0.29) is 10.6 Å². The monoisotopic (exact) mass is 286 g/mol. The van der Waals surface area contributed by atoms with E-state index in [0.29, 0.717) is 11.2 Å². The summed E-state index contributed by atoms with van der Waals surface area (Å²) < 4.78 is 2.01. The summed E-state index contributed by atoms with van der Waals surface area (Å²) >= 11 is 1.59. The van der Waals surface area contributed by atoms with Crippen LogP contribution in [0.1, 0.15) is 0 Å². The van der Waals surface area contributed by atoms with Gasteiger partial charge in [-0.15, -0.1) is 0 Å². The summed E-state index contributed by atoms with van der Waals surface area (Å²) in [5.74, 6) is 0. The minimum Gasteiger partial charge on any atom is -0.370 e. The maximum Gasteiger partial charge on any atom is 0.295 e. The normalized spacial score (nSPS) is 10.9. The number of anilines is 1. The first-order valence-corrected chi connectivity index (χ1v) is 6.87. The van der Waals surface area contributed by atoms with Gasteiger partial charge in [0, 0.05) is 32.3 Å². The zero-order valence-corrected chi connectivity index (χ0v) is 11.8. The van der Waals surface area contributed by atoms with Crippen molar-refractivity contribution in [3.63, 3.8) is 0 Å². The maximum absolute atomic E-state index is 11.2. The van der Waals surface area contributed by atoms with Gasteiger partial charge in [-0.05, 0) is 6.07 Å². The summed E-state index contributed by atoms with van der Waals surface area (Å²) in [7, 11) is 3.59. The van der Waals surface area contributed by atoms with E-state index < -0.39 is 0 Å². The summed E-state index contributed by atoms with van der Waals surface area (Å²) in [4.78, 5) is 17.2. The van der Waals surface area contributed by atoms with Crippen LogP contribution in [0.5, 0.6) is 0 Å². The van der Waals surface area contributed by atoms with Crippen LogP contribution in [0.25, 0.3) is 20.4 Å². The van der Waals surface area contributed by atoms with Gasteiger partial charge in [-0.3, -0.25) is 10.1 Å². The van der Waals surface area contributed by atoms with Crippen LogP contribution in [0.15, 0.2) is 36.4 Å². The molecule has 0 aliphatic heterocycles. The van der Waals surface area contributed by atoms with E-state index in [9.17, 15) is 10.1 Å². The lowest BCUT2D eigenvalue weighted by atomic mass is 10.2. The smallest absolute Gasteiger partial charge is 0.295 e. The van der Waals surface area contributed by atoms with Gasteiger partial charge >= 0.3 is 0 Å². The number of hydrogen-bond acceptors (Lipinski definition) is 4. The van der Waals surface area contributed by atoms with Gasteiger partial charge in [0.15, 0.2) is 5.52 Å². The van der Waals surface area contributed by atoms with Gasteiger partial charge in [-0.1, -0.05) is 12.1 Å². The number of nitro groups is 1. The number of hydrogen-bond donors (Lipinski definition) is 0. The van der Waals surface area contributed by atoms with Crippen LogP contribution in [0.3, 0.4) is 0 Å². The first-order chi connectivity index (χ1) is 9.58. The van der Waals surface area contributed by atoms with Crippen molar-refractivity contribution in [3.8, 4) is 0 Å². The molecule has 0 N–H and O–H groups in total. The van der Waals surface area contributed by atoms with Gasteiger partial charge in [-0.2, -0.15) is 0 Å². The molecule has 3 rings (SSSR count). The van der Waals surface area contributed by atoms with Crippen LogP contribution in [0.2, 0.25) is 0 Å². The summed E-state index contributed by atoms with van der Waals surface area (Å²) in [6, 6.07) is 11.1. The van der Waals surface area contributed by atoms with Crippen LogP contribution in [-0.4, -0.2) is 24.0 Å². The minimum atomic E-state index is -0.365. The fourth-order valence-corrected chi connectivity index (χ4v) is 3.18. The van der Waals surface area contributed by atoms with Crippen molar-refractivity contribution in [1.29, 1.82) is 0 Å². The average molecular weight is 286 g/mol. The number of aromatic nitrogens is 1. The van der Waals surface area contributed by atoms with Gasteiger partial charge < -0.3 is 4.90 Å². The highest BCUT2D eigenvalue weighted by Crippen LogP contribution is 2.37. The SMILES string of the molecule is CN(C)c1c([N+](=O)[O-])ccc2[s+]c3ccccc3nc12. The number of rotatable bonds is 2. The third-order valence-electron chi connectivity index (χ3n) is 3.05. The van der Waals surface area contributed by atoms with Crippen LogP contribution in [0, 0.1) is 10.1 Å². The first-order valence-electron chi connectivity index (χ1n) is 6.05. The molecule has 0 aliphatic carbocycles. The van der Waals surface area contributed by atoms with E-state index in [2.05, 4.69) is 4.98 Å².